The van der Waals surface area contributed by atoms with E-state index in [9.17, 15) is 8.42 Å². The van der Waals surface area contributed by atoms with Crippen LogP contribution in [0, 0.1) is 0 Å². The highest BCUT2D eigenvalue weighted by Crippen LogP contribution is 2.21. The third-order valence-corrected chi connectivity index (χ3v) is 5.54. The summed E-state index contributed by atoms with van der Waals surface area (Å²) in [5.74, 6) is 0.671. The van der Waals surface area contributed by atoms with E-state index in [4.69, 9.17) is 4.74 Å². The summed E-state index contributed by atoms with van der Waals surface area (Å²) in [5.41, 5.74) is 0. The van der Waals surface area contributed by atoms with Gasteiger partial charge in [-0.1, -0.05) is 6.07 Å². The molecule has 1 heterocycles. The second-order valence-electron chi connectivity index (χ2n) is 4.98. The van der Waals surface area contributed by atoms with E-state index in [1.165, 1.54) is 4.31 Å². The van der Waals surface area contributed by atoms with Crippen LogP contribution in [0.3, 0.4) is 0 Å². The van der Waals surface area contributed by atoms with Gasteiger partial charge in [-0.2, -0.15) is 4.31 Å². The van der Waals surface area contributed by atoms with Gasteiger partial charge >= 0.3 is 0 Å². The van der Waals surface area contributed by atoms with E-state index in [0.717, 1.165) is 4.88 Å². The third-order valence-electron chi connectivity index (χ3n) is 2.86. The number of benzene rings is 1. The fourth-order valence-corrected chi connectivity index (χ4v) is 3.84. The first-order chi connectivity index (χ1) is 9.89. The van der Waals surface area contributed by atoms with Gasteiger partial charge in [0.2, 0.25) is 10.0 Å². The Labute approximate surface area is 130 Å². The first-order valence-corrected chi connectivity index (χ1v) is 8.97. The third kappa shape index (κ3) is 4.06. The topological polar surface area (TPSA) is 46.6 Å². The van der Waals surface area contributed by atoms with Crippen molar-refractivity contribution in [1.29, 1.82) is 0 Å². The Kier molecular flexibility index (Phi) is 5.03. The highest BCUT2D eigenvalue weighted by atomic mass is 32.2. The first-order valence-electron chi connectivity index (χ1n) is 6.65. The molecule has 0 saturated heterocycles. The molecule has 0 bridgehead atoms. The first kappa shape index (κ1) is 16.0. The molecular weight excluding hydrogens is 306 g/mol. The van der Waals surface area contributed by atoms with Gasteiger partial charge in [0, 0.05) is 18.5 Å². The molecule has 0 radical (unpaired) electrons. The Bertz CT molecular complexity index is 661. The van der Waals surface area contributed by atoms with Crippen LogP contribution in [0.5, 0.6) is 5.75 Å². The van der Waals surface area contributed by atoms with E-state index in [-0.39, 0.29) is 11.0 Å². The van der Waals surface area contributed by atoms with Gasteiger partial charge in [0.15, 0.2) is 0 Å². The highest BCUT2D eigenvalue weighted by molar-refractivity contribution is 7.89. The van der Waals surface area contributed by atoms with Crippen molar-refractivity contribution in [2.75, 3.05) is 7.05 Å². The van der Waals surface area contributed by atoms with Crippen molar-refractivity contribution in [3.8, 4) is 5.75 Å². The summed E-state index contributed by atoms with van der Waals surface area (Å²) in [6.07, 6.45) is 0.0639. The molecule has 0 N–H and O–H groups in total. The van der Waals surface area contributed by atoms with E-state index in [1.807, 2.05) is 31.4 Å². The van der Waals surface area contributed by atoms with Crippen LogP contribution in [0.1, 0.15) is 18.7 Å². The minimum absolute atomic E-state index is 0.0639. The maximum Gasteiger partial charge on any atom is 0.243 e. The maximum absolute atomic E-state index is 12.5. The van der Waals surface area contributed by atoms with Gasteiger partial charge in [-0.05, 0) is 49.6 Å². The largest absolute Gasteiger partial charge is 0.491 e. The maximum atomic E-state index is 12.5. The van der Waals surface area contributed by atoms with Crippen molar-refractivity contribution in [1.82, 2.24) is 4.31 Å². The molecule has 0 atom stereocenters. The number of nitrogens with zero attached hydrogens (tertiary/aromatic N) is 1. The Hall–Kier alpha value is -1.37. The van der Waals surface area contributed by atoms with Crippen LogP contribution in [0.25, 0.3) is 0 Å². The summed E-state index contributed by atoms with van der Waals surface area (Å²) in [7, 11) is -1.88. The fraction of sp³-hybridized carbons (Fsp3) is 0.333. The molecule has 4 nitrogen and oxygen atoms in total. The molecule has 1 aromatic heterocycles. The Morgan fingerprint density at radius 2 is 1.86 bits per heavy atom. The van der Waals surface area contributed by atoms with Crippen molar-refractivity contribution in [3.05, 3.63) is 46.7 Å². The monoisotopic (exact) mass is 325 g/mol. The van der Waals surface area contributed by atoms with Gasteiger partial charge in [-0.3, -0.25) is 0 Å². The van der Waals surface area contributed by atoms with Crippen LogP contribution in [0.15, 0.2) is 46.7 Å². The molecule has 2 rings (SSSR count). The van der Waals surface area contributed by atoms with E-state index in [1.54, 1.807) is 42.6 Å². The minimum Gasteiger partial charge on any atom is -0.491 e. The van der Waals surface area contributed by atoms with Crippen molar-refractivity contribution >= 4 is 21.4 Å². The molecule has 0 unspecified atom stereocenters. The van der Waals surface area contributed by atoms with Gasteiger partial charge in [-0.25, -0.2) is 8.42 Å². The Morgan fingerprint density at radius 3 is 2.38 bits per heavy atom. The summed E-state index contributed by atoms with van der Waals surface area (Å²) < 4.78 is 31.8. The van der Waals surface area contributed by atoms with Crippen LogP contribution < -0.4 is 4.74 Å². The smallest absolute Gasteiger partial charge is 0.243 e. The molecular formula is C15H19NO3S2. The molecule has 21 heavy (non-hydrogen) atoms. The lowest BCUT2D eigenvalue weighted by Gasteiger charge is -2.17. The molecule has 0 fully saturated rings. The summed E-state index contributed by atoms with van der Waals surface area (Å²) >= 11 is 1.55. The van der Waals surface area contributed by atoms with Gasteiger partial charge < -0.3 is 4.74 Å². The molecule has 0 amide bonds. The molecule has 2 aromatic rings. The summed E-state index contributed by atoms with van der Waals surface area (Å²) in [4.78, 5) is 1.29. The van der Waals surface area contributed by atoms with E-state index >= 15 is 0 Å². The fourth-order valence-electron chi connectivity index (χ4n) is 1.85. The van der Waals surface area contributed by atoms with Crippen LogP contribution in [-0.2, 0) is 16.6 Å². The van der Waals surface area contributed by atoms with Crippen LogP contribution in [-0.4, -0.2) is 25.9 Å². The number of hydrogen-bond acceptors (Lipinski definition) is 4. The van der Waals surface area contributed by atoms with Crippen molar-refractivity contribution in [2.24, 2.45) is 0 Å². The average molecular weight is 325 g/mol. The normalized spacial score (nSPS) is 12.0. The lowest BCUT2D eigenvalue weighted by Crippen LogP contribution is -2.26. The summed E-state index contributed by atoms with van der Waals surface area (Å²) in [6.45, 7) is 4.24. The number of sulfonamides is 1. The van der Waals surface area contributed by atoms with Crippen molar-refractivity contribution < 1.29 is 13.2 Å². The van der Waals surface area contributed by atoms with E-state index in [0.29, 0.717) is 12.3 Å². The molecule has 0 aliphatic heterocycles. The molecule has 6 heteroatoms. The van der Waals surface area contributed by atoms with E-state index in [2.05, 4.69) is 0 Å². The number of ether oxygens (including phenoxy) is 1. The van der Waals surface area contributed by atoms with Gasteiger partial charge in [-0.15, -0.1) is 11.3 Å². The zero-order chi connectivity index (χ0) is 15.5. The quantitative estimate of drug-likeness (QED) is 0.818. The lowest BCUT2D eigenvalue weighted by molar-refractivity contribution is 0.242. The second kappa shape index (κ2) is 6.60. The molecule has 0 spiro atoms. The summed E-state index contributed by atoms with van der Waals surface area (Å²) in [6, 6.07) is 10.4. The zero-order valence-corrected chi connectivity index (χ0v) is 13.9. The van der Waals surface area contributed by atoms with Gasteiger partial charge in [0.1, 0.15) is 5.75 Å². The predicted octanol–water partition coefficient (Wildman–Crippen LogP) is 3.36. The second-order valence-corrected chi connectivity index (χ2v) is 8.06. The minimum atomic E-state index is -3.48. The van der Waals surface area contributed by atoms with Crippen LogP contribution >= 0.6 is 11.3 Å². The molecule has 0 saturated carbocycles. The van der Waals surface area contributed by atoms with Crippen molar-refractivity contribution in [2.45, 2.75) is 31.4 Å². The van der Waals surface area contributed by atoms with E-state index < -0.39 is 10.0 Å². The Balaban J connectivity index is 2.15. The molecule has 0 aliphatic rings. The number of hydrogen-bond donors (Lipinski definition) is 0. The van der Waals surface area contributed by atoms with Crippen LogP contribution in [0.4, 0.5) is 0 Å². The lowest BCUT2D eigenvalue weighted by atomic mass is 10.3. The summed E-state index contributed by atoms with van der Waals surface area (Å²) in [5, 5.41) is 1.94. The highest BCUT2D eigenvalue weighted by Gasteiger charge is 2.21. The molecule has 1 aromatic carbocycles. The van der Waals surface area contributed by atoms with Gasteiger partial charge in [0.05, 0.1) is 11.0 Å². The van der Waals surface area contributed by atoms with Crippen molar-refractivity contribution in [3.63, 3.8) is 0 Å². The average Bonchev–Trinajstić information content (AvgIpc) is 2.91. The molecule has 0 aliphatic carbocycles. The number of rotatable bonds is 6. The zero-order valence-electron chi connectivity index (χ0n) is 12.3. The molecule has 114 valence electrons. The van der Waals surface area contributed by atoms with Gasteiger partial charge in [0.25, 0.3) is 0 Å². The van der Waals surface area contributed by atoms with Crippen LogP contribution in [0.2, 0.25) is 0 Å². The SMILES string of the molecule is CC(C)Oc1ccc(S(=O)(=O)N(C)Cc2cccs2)cc1. The Morgan fingerprint density at radius 1 is 1.19 bits per heavy atom. The number of thiophene rings is 1. The predicted molar refractivity (Wildman–Crippen MR) is 85.2 cm³/mol. The standard InChI is InChI=1S/C15H19NO3S2/c1-12(2)19-13-6-8-15(9-7-13)21(17,18)16(3)11-14-5-4-10-20-14/h4-10,12H,11H2,1-3H3.